The van der Waals surface area contributed by atoms with E-state index in [1.807, 2.05) is 61.5 Å². The molecule has 2 aromatic heterocycles. The summed E-state index contributed by atoms with van der Waals surface area (Å²) in [5, 5.41) is 17.0. The molecule has 0 spiro atoms. The third-order valence-electron chi connectivity index (χ3n) is 6.13. The lowest BCUT2D eigenvalue weighted by Gasteiger charge is -2.19. The molecule has 2 heterocycles. The molecule has 1 amide bonds. The Hall–Kier alpha value is -5.16. The van der Waals surface area contributed by atoms with Crippen LogP contribution in [0.3, 0.4) is 0 Å². The van der Waals surface area contributed by atoms with Gasteiger partial charge < -0.3 is 14.5 Å². The third-order valence-corrected chi connectivity index (χ3v) is 6.13. The van der Waals surface area contributed by atoms with Gasteiger partial charge in [-0.25, -0.2) is 4.68 Å². The van der Waals surface area contributed by atoms with Crippen molar-refractivity contribution in [3.05, 3.63) is 106 Å². The molecular weight excluding hydrogens is 480 g/mol. The van der Waals surface area contributed by atoms with Gasteiger partial charge in [-0.05, 0) is 37.6 Å². The number of anilines is 1. The Morgan fingerprint density at radius 2 is 1.79 bits per heavy atom. The summed E-state index contributed by atoms with van der Waals surface area (Å²) in [6, 6.07) is 25.6. The van der Waals surface area contributed by atoms with Crippen LogP contribution in [-0.4, -0.2) is 21.8 Å². The average Bonchev–Trinajstić information content (AvgIpc) is 3.35. The van der Waals surface area contributed by atoms with Crippen molar-refractivity contribution in [1.29, 1.82) is 5.26 Å². The van der Waals surface area contributed by atoms with Crippen molar-refractivity contribution >= 4 is 22.7 Å². The van der Waals surface area contributed by atoms with E-state index in [0.717, 1.165) is 5.56 Å². The number of nitrogens with one attached hydrogen (secondary N) is 1. The predicted molar refractivity (Wildman–Crippen MR) is 144 cm³/mol. The summed E-state index contributed by atoms with van der Waals surface area (Å²) in [6.45, 7) is 3.74. The smallest absolute Gasteiger partial charge is 0.266 e. The molecule has 0 aliphatic rings. The molecule has 8 heteroatoms. The highest BCUT2D eigenvalue weighted by Crippen LogP contribution is 2.32. The number of carbonyl (C=O) groups is 1. The molecule has 188 valence electrons. The Morgan fingerprint density at radius 1 is 1.08 bits per heavy atom. The molecule has 0 radical (unpaired) electrons. The number of aromatic nitrogens is 2. The molecule has 0 aliphatic carbocycles. The molecule has 1 unspecified atom stereocenters. The van der Waals surface area contributed by atoms with Gasteiger partial charge in [0, 0.05) is 5.56 Å². The summed E-state index contributed by atoms with van der Waals surface area (Å²) in [6.07, 6.45) is 0.596. The number of para-hydroxylation sites is 2. The number of nitriles is 1. The van der Waals surface area contributed by atoms with Crippen molar-refractivity contribution in [1.82, 2.24) is 9.78 Å². The van der Waals surface area contributed by atoms with Gasteiger partial charge in [0.1, 0.15) is 17.2 Å². The Bertz CT molecular complexity index is 1710. The Balaban J connectivity index is 1.53. The predicted octanol–water partition coefficient (Wildman–Crippen LogP) is 5.62. The van der Waals surface area contributed by atoms with Gasteiger partial charge in [0.25, 0.3) is 5.91 Å². The lowest BCUT2D eigenvalue weighted by molar-refractivity contribution is -0.122. The summed E-state index contributed by atoms with van der Waals surface area (Å²) in [7, 11) is 0. The van der Waals surface area contributed by atoms with Gasteiger partial charge in [-0.2, -0.15) is 10.4 Å². The minimum absolute atomic E-state index is 0.0494. The summed E-state index contributed by atoms with van der Waals surface area (Å²) in [5.41, 5.74) is 2.62. The minimum atomic E-state index is -1.05. The maximum atomic E-state index is 13.5. The molecule has 5 rings (SSSR count). The number of benzene rings is 3. The van der Waals surface area contributed by atoms with Crippen LogP contribution in [0.25, 0.3) is 28.0 Å². The highest BCUT2D eigenvalue weighted by molar-refractivity contribution is 5.95. The van der Waals surface area contributed by atoms with Crippen LogP contribution >= 0.6 is 0 Å². The van der Waals surface area contributed by atoms with E-state index in [1.54, 1.807) is 31.2 Å². The van der Waals surface area contributed by atoms with Gasteiger partial charge in [-0.1, -0.05) is 67.1 Å². The van der Waals surface area contributed by atoms with Gasteiger partial charge >= 0.3 is 0 Å². The van der Waals surface area contributed by atoms with Crippen LogP contribution in [0.5, 0.6) is 5.75 Å². The quantitative estimate of drug-likeness (QED) is 0.308. The summed E-state index contributed by atoms with van der Waals surface area (Å²) < 4.78 is 13.7. The molecule has 8 nitrogen and oxygen atoms in total. The van der Waals surface area contributed by atoms with E-state index < -0.39 is 12.0 Å². The van der Waals surface area contributed by atoms with Crippen molar-refractivity contribution in [2.75, 3.05) is 5.32 Å². The number of fused-ring (bicyclic) bond motifs is 1. The van der Waals surface area contributed by atoms with E-state index in [-0.39, 0.29) is 34.7 Å². The highest BCUT2D eigenvalue weighted by Gasteiger charge is 2.27. The van der Waals surface area contributed by atoms with Gasteiger partial charge in [0.15, 0.2) is 17.7 Å². The van der Waals surface area contributed by atoms with Crippen molar-refractivity contribution < 1.29 is 13.9 Å². The van der Waals surface area contributed by atoms with Crippen LogP contribution in [0.15, 0.2) is 94.3 Å². The van der Waals surface area contributed by atoms with Crippen LogP contribution < -0.4 is 15.5 Å². The molecule has 0 saturated carbocycles. The number of hydrogen-bond donors (Lipinski definition) is 1. The zero-order valence-corrected chi connectivity index (χ0v) is 20.8. The number of amides is 1. The fourth-order valence-corrected chi connectivity index (χ4v) is 4.10. The van der Waals surface area contributed by atoms with Crippen molar-refractivity contribution in [2.45, 2.75) is 26.4 Å². The van der Waals surface area contributed by atoms with Crippen molar-refractivity contribution in [3.63, 3.8) is 0 Å². The average molecular weight is 505 g/mol. The number of ether oxygens (including phenoxy) is 1. The van der Waals surface area contributed by atoms with Gasteiger partial charge in [-0.15, -0.1) is 0 Å². The van der Waals surface area contributed by atoms with Crippen LogP contribution in [0, 0.1) is 18.3 Å². The SMILES string of the molecule is CCC(Oc1c(-c2ccc(C)cc2)oc2ccccc2c1=O)C(=O)Nc1c(C#N)cnn1-c1ccccc1. The topological polar surface area (TPSA) is 110 Å². The number of hydrogen-bond acceptors (Lipinski definition) is 6. The number of rotatable bonds is 7. The van der Waals surface area contributed by atoms with Gasteiger partial charge in [0.2, 0.25) is 11.2 Å². The Morgan fingerprint density at radius 3 is 2.50 bits per heavy atom. The number of nitrogens with zero attached hydrogens (tertiary/aromatic N) is 3. The Kier molecular flexibility index (Phi) is 6.74. The lowest BCUT2D eigenvalue weighted by atomic mass is 10.1. The second-order valence-electron chi connectivity index (χ2n) is 8.72. The first-order valence-electron chi connectivity index (χ1n) is 12.1. The first-order valence-corrected chi connectivity index (χ1v) is 12.1. The zero-order chi connectivity index (χ0) is 26.6. The fraction of sp³-hybridized carbons (Fsp3) is 0.133. The van der Waals surface area contributed by atoms with Crippen LogP contribution in [0.4, 0.5) is 5.82 Å². The fourth-order valence-electron chi connectivity index (χ4n) is 4.10. The summed E-state index contributed by atoms with van der Waals surface area (Å²) in [4.78, 5) is 27.0. The van der Waals surface area contributed by atoms with E-state index in [2.05, 4.69) is 16.5 Å². The third kappa shape index (κ3) is 4.65. The second-order valence-corrected chi connectivity index (χ2v) is 8.72. The monoisotopic (exact) mass is 504 g/mol. The molecular formula is C30H24N4O4. The van der Waals surface area contributed by atoms with E-state index >= 15 is 0 Å². The van der Waals surface area contributed by atoms with Gasteiger partial charge in [-0.3, -0.25) is 9.59 Å². The Labute approximate surface area is 218 Å². The summed E-state index contributed by atoms with van der Waals surface area (Å²) in [5.74, 6) is -0.113. The van der Waals surface area contributed by atoms with Crippen molar-refractivity contribution in [2.24, 2.45) is 0 Å². The standard InChI is InChI=1S/C30H24N4O4/c1-3-24(30(36)33-29-21(17-31)18-32-34(29)22-9-5-4-6-10-22)37-28-26(35)23-11-7-8-12-25(23)38-27(28)20-15-13-19(2)14-16-20/h4-16,18,24H,3H2,1-2H3,(H,33,36). The van der Waals surface area contributed by atoms with E-state index in [9.17, 15) is 14.9 Å². The molecule has 0 bridgehead atoms. The minimum Gasteiger partial charge on any atom is -0.473 e. The molecule has 5 aromatic rings. The first kappa shape index (κ1) is 24.5. The molecule has 1 atom stereocenters. The highest BCUT2D eigenvalue weighted by atomic mass is 16.5. The van der Waals surface area contributed by atoms with Crippen LogP contribution in [0.1, 0.15) is 24.5 Å². The normalized spacial score (nSPS) is 11.6. The molecule has 1 N–H and O–H groups in total. The number of carbonyl (C=O) groups excluding carboxylic acids is 1. The zero-order valence-electron chi connectivity index (χ0n) is 20.8. The molecule has 0 aliphatic heterocycles. The molecule has 3 aromatic carbocycles. The molecule has 38 heavy (non-hydrogen) atoms. The van der Waals surface area contributed by atoms with E-state index in [0.29, 0.717) is 22.2 Å². The molecule has 0 saturated heterocycles. The maximum absolute atomic E-state index is 13.5. The summed E-state index contributed by atoms with van der Waals surface area (Å²) >= 11 is 0. The van der Waals surface area contributed by atoms with E-state index in [1.165, 1.54) is 10.9 Å². The van der Waals surface area contributed by atoms with Crippen LogP contribution in [0.2, 0.25) is 0 Å². The first-order chi connectivity index (χ1) is 18.5. The van der Waals surface area contributed by atoms with Crippen LogP contribution in [-0.2, 0) is 4.79 Å². The molecule has 0 fully saturated rings. The van der Waals surface area contributed by atoms with Crippen molar-refractivity contribution in [3.8, 4) is 28.8 Å². The largest absolute Gasteiger partial charge is 0.473 e. The second kappa shape index (κ2) is 10.4. The lowest BCUT2D eigenvalue weighted by Crippen LogP contribution is -2.34. The maximum Gasteiger partial charge on any atom is 0.266 e. The number of aryl methyl sites for hydroxylation is 1. The van der Waals surface area contributed by atoms with E-state index in [4.69, 9.17) is 9.15 Å². The van der Waals surface area contributed by atoms with Gasteiger partial charge in [0.05, 0.1) is 17.3 Å².